The Bertz CT molecular complexity index is 781. The summed E-state index contributed by atoms with van der Waals surface area (Å²) in [4.78, 5) is 27.9. The summed E-state index contributed by atoms with van der Waals surface area (Å²) in [5.41, 5.74) is 1.91. The van der Waals surface area contributed by atoms with Crippen LogP contribution in [0, 0.1) is 11.8 Å². The smallest absolute Gasteiger partial charge is 0.411 e. The molecule has 1 amide bonds. The Morgan fingerprint density at radius 2 is 0.759 bits per heavy atom. The van der Waals surface area contributed by atoms with Crippen LogP contribution in [0.25, 0.3) is 0 Å². The Kier molecular flexibility index (Phi) is 104. The standard InChI is InChI=1S/C21H42N2O2.C19H39NO.C2H3NO.8CH4/c1-5-7-9-11-13-15-17-20(18-16-14-12-10-8-6-2)19(3)23-25-21(24)22-4;1-4-6-8-10-12-14-16-19(18(3)20-21)17-15-13-11-9-7-5-2;1-3-2-4;;;;;;;;/h20H,5-18H2,1-4H3,(H,22,24);19,21H,4-17H2,1-3H3;1H3;8*1H4/b23-19-;20-18+;;;;;;;;;. The van der Waals surface area contributed by atoms with Crippen LogP contribution in [-0.2, 0) is 9.63 Å². The number of aliphatic imine (C=N–C) groups is 1. The highest BCUT2D eigenvalue weighted by atomic mass is 16.7. The van der Waals surface area contributed by atoms with Crippen LogP contribution < -0.4 is 5.32 Å². The molecule has 0 rings (SSSR count). The topological polar surface area (TPSA) is 113 Å². The van der Waals surface area contributed by atoms with E-state index in [1.54, 1.807) is 7.05 Å². The number of amides is 1. The van der Waals surface area contributed by atoms with Gasteiger partial charge >= 0.3 is 6.09 Å². The summed E-state index contributed by atoms with van der Waals surface area (Å²) in [5.74, 6) is 0.953. The van der Waals surface area contributed by atoms with Crippen molar-refractivity contribution in [2.45, 2.75) is 281 Å². The van der Waals surface area contributed by atoms with Gasteiger partial charge in [0, 0.05) is 25.9 Å². The van der Waals surface area contributed by atoms with Crippen LogP contribution in [0.1, 0.15) is 281 Å². The van der Waals surface area contributed by atoms with Crippen molar-refractivity contribution in [2.24, 2.45) is 27.1 Å². The maximum absolute atomic E-state index is 11.2. The summed E-state index contributed by atoms with van der Waals surface area (Å²) in [6, 6.07) is 0. The van der Waals surface area contributed by atoms with Crippen LogP contribution in [0.15, 0.2) is 15.3 Å². The minimum atomic E-state index is -0.489. The van der Waals surface area contributed by atoms with Gasteiger partial charge in [-0.25, -0.2) is 14.6 Å². The Morgan fingerprint density at radius 1 is 0.517 bits per heavy atom. The maximum Gasteiger partial charge on any atom is 0.433 e. The van der Waals surface area contributed by atoms with E-state index in [1.807, 2.05) is 13.8 Å². The van der Waals surface area contributed by atoms with Crippen molar-refractivity contribution in [1.29, 1.82) is 0 Å². The molecule has 0 aromatic rings. The zero-order chi connectivity index (χ0) is 37.9. The average Bonchev–Trinajstić information content (AvgIpc) is 3.14. The molecular formula is C50H116N4O4. The van der Waals surface area contributed by atoms with E-state index in [1.165, 1.54) is 180 Å². The molecule has 0 radical (unpaired) electrons. The predicted molar refractivity (Wildman–Crippen MR) is 270 cm³/mol. The Hall–Kier alpha value is -2.21. The lowest BCUT2D eigenvalue weighted by molar-refractivity contribution is 0.152. The lowest BCUT2D eigenvalue weighted by Gasteiger charge is -2.16. The summed E-state index contributed by atoms with van der Waals surface area (Å²) in [6.07, 6.45) is 37.4. The van der Waals surface area contributed by atoms with Gasteiger partial charge in [0.05, 0.1) is 11.4 Å². The highest BCUT2D eigenvalue weighted by Gasteiger charge is 2.14. The number of isocyanates is 1. The third-order valence-corrected chi connectivity index (χ3v) is 9.53. The van der Waals surface area contributed by atoms with Crippen molar-refractivity contribution in [3.8, 4) is 0 Å². The molecule has 0 saturated carbocycles. The molecule has 0 aromatic heterocycles. The van der Waals surface area contributed by atoms with Crippen LogP contribution in [-0.4, -0.2) is 42.9 Å². The molecule has 0 saturated heterocycles. The minimum Gasteiger partial charge on any atom is -0.411 e. The lowest BCUT2D eigenvalue weighted by Crippen LogP contribution is -2.19. The number of nitrogens with one attached hydrogen (secondary N) is 1. The third kappa shape index (κ3) is 65.6. The quantitative estimate of drug-likeness (QED) is 0.0181. The number of oxime groups is 2. The van der Waals surface area contributed by atoms with Crippen molar-refractivity contribution in [3.63, 3.8) is 0 Å². The van der Waals surface area contributed by atoms with Crippen molar-refractivity contribution in [2.75, 3.05) is 14.1 Å². The molecule has 0 unspecified atom stereocenters. The van der Waals surface area contributed by atoms with Crippen LogP contribution in [0.5, 0.6) is 0 Å². The number of hydrogen-bond donors (Lipinski definition) is 2. The van der Waals surface area contributed by atoms with Gasteiger partial charge in [-0.05, 0) is 39.5 Å². The summed E-state index contributed by atoms with van der Waals surface area (Å²) in [6.45, 7) is 13.0. The van der Waals surface area contributed by atoms with Gasteiger partial charge in [0.15, 0.2) is 0 Å². The van der Waals surface area contributed by atoms with Crippen LogP contribution in [0.3, 0.4) is 0 Å². The first-order valence-electron chi connectivity index (χ1n) is 20.9. The lowest BCUT2D eigenvalue weighted by atomic mass is 9.91. The fourth-order valence-electron chi connectivity index (χ4n) is 6.12. The molecule has 0 aromatic carbocycles. The number of unbranched alkanes of at least 4 members (excludes halogenated alkanes) is 20. The number of hydrogen-bond acceptors (Lipinski definition) is 7. The minimum absolute atomic E-state index is 0. The number of carbonyl (C=O) groups excluding carboxylic acids is 2. The Labute approximate surface area is 369 Å². The van der Waals surface area contributed by atoms with E-state index in [-0.39, 0.29) is 59.4 Å². The zero-order valence-electron chi connectivity index (χ0n) is 34.5. The van der Waals surface area contributed by atoms with Gasteiger partial charge < -0.3 is 10.5 Å². The molecule has 0 aliphatic rings. The molecule has 0 spiro atoms. The van der Waals surface area contributed by atoms with Gasteiger partial charge in [0.2, 0.25) is 6.08 Å². The number of carbonyl (C=O) groups is 1. The number of nitrogens with zero attached hydrogens (tertiary/aromatic N) is 3. The molecule has 0 atom stereocenters. The summed E-state index contributed by atoms with van der Waals surface area (Å²) < 4.78 is 0. The number of rotatable bonds is 31. The van der Waals surface area contributed by atoms with Crippen molar-refractivity contribution in [1.82, 2.24) is 5.32 Å². The molecule has 0 aliphatic heterocycles. The SMILES string of the molecule is C.C.C.C.C.C.C.C.CCCCCCCCC(CCCCCCCC)/C(C)=N/O.CCCCCCCCC(CCCCCCCC)/C(C)=N\OC(=O)NC.CN=C=O. The highest BCUT2D eigenvalue weighted by Crippen LogP contribution is 2.22. The second-order valence-corrected chi connectivity index (χ2v) is 14.0. The van der Waals surface area contributed by atoms with Gasteiger partial charge in [-0.1, -0.05) is 252 Å². The summed E-state index contributed by atoms with van der Waals surface area (Å²) in [7, 11) is 2.93. The van der Waals surface area contributed by atoms with Gasteiger partial charge in [0.1, 0.15) is 0 Å². The van der Waals surface area contributed by atoms with Crippen molar-refractivity contribution < 1.29 is 19.6 Å². The monoisotopic (exact) mass is 837 g/mol. The first-order chi connectivity index (χ1) is 24.3. The molecule has 8 nitrogen and oxygen atoms in total. The van der Waals surface area contributed by atoms with Crippen molar-refractivity contribution >= 4 is 23.6 Å². The van der Waals surface area contributed by atoms with Crippen LogP contribution in [0.2, 0.25) is 0 Å². The average molecular weight is 838 g/mol. The van der Waals surface area contributed by atoms with Crippen LogP contribution >= 0.6 is 0 Å². The van der Waals surface area contributed by atoms with Crippen LogP contribution in [0.4, 0.5) is 4.79 Å². The van der Waals surface area contributed by atoms with Gasteiger partial charge in [-0.3, -0.25) is 4.84 Å². The first kappa shape index (κ1) is 83.5. The maximum atomic E-state index is 11.2. The van der Waals surface area contributed by atoms with E-state index in [9.17, 15) is 4.79 Å². The fourth-order valence-corrected chi connectivity index (χ4v) is 6.12. The predicted octanol–water partition coefficient (Wildman–Crippen LogP) is 18.8. The zero-order valence-corrected chi connectivity index (χ0v) is 34.5. The summed E-state index contributed by atoms with van der Waals surface area (Å²) in [5, 5.41) is 19.0. The molecule has 360 valence electrons. The largest absolute Gasteiger partial charge is 0.433 e. The van der Waals surface area contributed by atoms with E-state index >= 15 is 0 Å². The van der Waals surface area contributed by atoms with E-state index in [2.05, 4.69) is 48.3 Å². The molecular weight excluding hydrogens is 721 g/mol. The van der Waals surface area contributed by atoms with E-state index in [0.717, 1.165) is 24.3 Å². The molecule has 0 heterocycles. The van der Waals surface area contributed by atoms with Gasteiger partial charge in [-0.15, -0.1) is 0 Å². The van der Waals surface area contributed by atoms with Crippen molar-refractivity contribution in [3.05, 3.63) is 0 Å². The Balaban J connectivity index is -0.0000000691. The highest BCUT2D eigenvalue weighted by molar-refractivity contribution is 5.84. The molecule has 0 fully saturated rings. The van der Waals surface area contributed by atoms with Gasteiger partial charge in [-0.2, -0.15) is 0 Å². The summed E-state index contributed by atoms with van der Waals surface area (Å²) >= 11 is 0. The molecule has 0 aliphatic carbocycles. The van der Waals surface area contributed by atoms with E-state index in [4.69, 9.17) is 14.8 Å². The normalized spacial score (nSPS) is 9.83. The fraction of sp³-hybridized carbons (Fsp3) is 0.920. The second-order valence-electron chi connectivity index (χ2n) is 14.0. The third-order valence-electron chi connectivity index (χ3n) is 9.53. The van der Waals surface area contributed by atoms with E-state index < -0.39 is 6.09 Å². The molecule has 0 bridgehead atoms. The first-order valence-corrected chi connectivity index (χ1v) is 20.9. The molecule has 2 N–H and O–H groups in total. The Morgan fingerprint density at radius 3 is 0.983 bits per heavy atom. The van der Waals surface area contributed by atoms with E-state index in [0.29, 0.717) is 11.8 Å². The second kappa shape index (κ2) is 72.4. The molecule has 8 heteroatoms. The van der Waals surface area contributed by atoms with Gasteiger partial charge in [0.25, 0.3) is 0 Å². The molecule has 58 heavy (non-hydrogen) atoms.